The normalized spacial score (nSPS) is 8.35. The number of allylic oxidation sites excluding steroid dienone is 4. The van der Waals surface area contributed by atoms with Gasteiger partial charge in [0.1, 0.15) is 0 Å². The summed E-state index contributed by atoms with van der Waals surface area (Å²) in [6.45, 7) is 0. The average molecular weight is 354 g/mol. The van der Waals surface area contributed by atoms with Gasteiger partial charge in [-0.1, -0.05) is 36.4 Å². The summed E-state index contributed by atoms with van der Waals surface area (Å²) in [5.41, 5.74) is 0. The summed E-state index contributed by atoms with van der Waals surface area (Å²) in [7, 11) is 9.87. The Bertz CT molecular complexity index is 194. The summed E-state index contributed by atoms with van der Waals surface area (Å²) < 4.78 is 0. The minimum atomic E-state index is -0.826. The van der Waals surface area contributed by atoms with E-state index in [1.165, 1.54) is 0 Å². The molecule has 1 nitrogen and oxygen atoms in total. The van der Waals surface area contributed by atoms with Crippen LogP contribution in [0.1, 0.15) is 6.42 Å². The largest absolute Gasteiger partial charge is 0.670 e. The van der Waals surface area contributed by atoms with E-state index in [1.54, 1.807) is 12.4 Å². The van der Waals surface area contributed by atoms with Crippen molar-refractivity contribution >= 4 is 17.0 Å². The third-order valence-corrected chi connectivity index (χ3v) is 1.11. The zero-order valence-electron chi connectivity index (χ0n) is 11.0. The molecule has 0 amide bonds. The SMILES string of the molecule is C1=CCC=C1.[CH3-].[CH3-].[CH3-].[CH3-].[Cl][Zr][Cl].c1cc[n-]c1. The minimum absolute atomic E-state index is 0. The summed E-state index contributed by atoms with van der Waals surface area (Å²) in [5.74, 6) is 0. The second kappa shape index (κ2) is 29.8. The molecule has 17 heavy (non-hydrogen) atoms. The van der Waals surface area contributed by atoms with Crippen LogP contribution < -0.4 is 4.98 Å². The molecule has 1 heterocycles. The van der Waals surface area contributed by atoms with Crippen molar-refractivity contribution < 1.29 is 20.8 Å². The maximum absolute atomic E-state index is 4.93. The third kappa shape index (κ3) is 31.4. The van der Waals surface area contributed by atoms with Crippen LogP contribution in [0, 0.1) is 29.7 Å². The molecular formula is C13H22Cl2NZr-5. The van der Waals surface area contributed by atoms with Gasteiger partial charge in [0.2, 0.25) is 0 Å². The first-order chi connectivity index (χ1) is 6.41. The molecule has 0 bridgehead atoms. The van der Waals surface area contributed by atoms with Gasteiger partial charge in [-0.05, 0) is 6.42 Å². The van der Waals surface area contributed by atoms with Crippen LogP contribution in [0.3, 0.4) is 0 Å². The number of hydrogen-bond donors (Lipinski definition) is 0. The predicted octanol–water partition coefficient (Wildman–Crippen LogP) is 5.32. The maximum atomic E-state index is 4.93. The van der Waals surface area contributed by atoms with Gasteiger partial charge < -0.3 is 34.7 Å². The van der Waals surface area contributed by atoms with Crippen LogP contribution in [0.15, 0.2) is 48.8 Å². The number of aromatic nitrogens is 1. The Morgan fingerprint density at radius 2 is 1.18 bits per heavy atom. The molecular weight excluding hydrogens is 332 g/mol. The molecule has 4 heteroatoms. The molecule has 1 aromatic rings. The van der Waals surface area contributed by atoms with E-state index in [0.29, 0.717) is 0 Å². The van der Waals surface area contributed by atoms with Gasteiger partial charge in [-0.15, -0.1) is 0 Å². The van der Waals surface area contributed by atoms with Crippen molar-refractivity contribution in [2.24, 2.45) is 0 Å². The smallest absolute Gasteiger partial charge is 0.0860 e. The van der Waals surface area contributed by atoms with E-state index in [1.807, 2.05) is 12.1 Å². The van der Waals surface area contributed by atoms with Crippen LogP contribution in [0.25, 0.3) is 0 Å². The third-order valence-electron chi connectivity index (χ3n) is 1.11. The molecule has 0 aliphatic heterocycles. The van der Waals surface area contributed by atoms with Crippen LogP contribution >= 0.6 is 17.0 Å². The predicted molar refractivity (Wildman–Crippen MR) is 80.0 cm³/mol. The van der Waals surface area contributed by atoms with Gasteiger partial charge in [0.25, 0.3) is 0 Å². The zero-order valence-corrected chi connectivity index (χ0v) is 15.0. The molecule has 0 N–H and O–H groups in total. The van der Waals surface area contributed by atoms with Gasteiger partial charge in [-0.25, -0.2) is 0 Å². The second-order valence-electron chi connectivity index (χ2n) is 2.00. The van der Waals surface area contributed by atoms with E-state index in [9.17, 15) is 0 Å². The standard InChI is InChI=1S/C5H6.C4H4N.4CH3.2ClH.Zr/c2*1-2-4-5-3-1;;;;;;;/h1-4H,5H2;1-4H;4*1H3;2*1H;/q;5*-1;;;+2/p-2. The Morgan fingerprint density at radius 1 is 0.824 bits per heavy atom. The fraction of sp³-hybridized carbons (Fsp3) is 0.0769. The molecule has 0 atom stereocenters. The van der Waals surface area contributed by atoms with Gasteiger partial charge in [0, 0.05) is 0 Å². The second-order valence-corrected chi connectivity index (χ2v) is 5.73. The van der Waals surface area contributed by atoms with Gasteiger partial charge in [-0.3, -0.25) is 0 Å². The van der Waals surface area contributed by atoms with Crippen molar-refractivity contribution in [3.63, 3.8) is 0 Å². The zero-order chi connectivity index (χ0) is 9.78. The first kappa shape index (κ1) is 30.3. The van der Waals surface area contributed by atoms with Gasteiger partial charge in [-0.2, -0.15) is 12.4 Å². The Hall–Kier alpha value is 0.223. The summed E-state index contributed by atoms with van der Waals surface area (Å²) in [5, 5.41) is 0. The molecule has 0 spiro atoms. The van der Waals surface area contributed by atoms with Crippen molar-refractivity contribution in [3.8, 4) is 0 Å². The number of rotatable bonds is 0. The molecule has 0 radical (unpaired) electrons. The van der Waals surface area contributed by atoms with Crippen LogP contribution in [0.5, 0.6) is 0 Å². The van der Waals surface area contributed by atoms with Crippen molar-refractivity contribution in [3.05, 3.63) is 78.5 Å². The maximum Gasteiger partial charge on any atom is -0.0860 e. The van der Waals surface area contributed by atoms with E-state index in [0.717, 1.165) is 6.42 Å². The molecule has 0 aromatic carbocycles. The molecule has 2 rings (SSSR count). The Balaban J connectivity index is -0.0000000390. The number of nitrogens with zero attached hydrogens (tertiary/aromatic N) is 1. The Labute approximate surface area is 127 Å². The molecule has 1 aliphatic rings. The van der Waals surface area contributed by atoms with Gasteiger partial charge in [0.15, 0.2) is 0 Å². The van der Waals surface area contributed by atoms with Crippen molar-refractivity contribution in [2.75, 3.05) is 0 Å². The fourth-order valence-corrected chi connectivity index (χ4v) is 0.641. The summed E-state index contributed by atoms with van der Waals surface area (Å²) in [6, 6.07) is 3.78. The van der Waals surface area contributed by atoms with Gasteiger partial charge in [0.05, 0.1) is 0 Å². The Morgan fingerprint density at radius 3 is 1.29 bits per heavy atom. The molecule has 0 fully saturated rings. The van der Waals surface area contributed by atoms with Crippen molar-refractivity contribution in [1.82, 2.24) is 4.98 Å². The molecule has 0 saturated carbocycles. The van der Waals surface area contributed by atoms with Crippen molar-refractivity contribution in [1.29, 1.82) is 0 Å². The van der Waals surface area contributed by atoms with E-state index >= 15 is 0 Å². The molecule has 1 aliphatic carbocycles. The van der Waals surface area contributed by atoms with Crippen LogP contribution in [-0.2, 0) is 20.8 Å². The van der Waals surface area contributed by atoms with Crippen molar-refractivity contribution in [2.45, 2.75) is 6.42 Å². The van der Waals surface area contributed by atoms with E-state index < -0.39 is 20.8 Å². The molecule has 102 valence electrons. The monoisotopic (exact) mass is 352 g/mol. The fourth-order valence-electron chi connectivity index (χ4n) is 0.641. The molecule has 0 unspecified atom stereocenters. The van der Waals surface area contributed by atoms with E-state index in [-0.39, 0.29) is 29.7 Å². The first-order valence-electron chi connectivity index (χ1n) is 3.71. The number of hydrogen-bond acceptors (Lipinski definition) is 0. The minimum Gasteiger partial charge on any atom is -0.670 e. The molecule has 0 saturated heterocycles. The van der Waals surface area contributed by atoms with E-state index in [4.69, 9.17) is 17.0 Å². The first-order valence-corrected chi connectivity index (χ1v) is 10.0. The number of halogens is 2. The van der Waals surface area contributed by atoms with Crippen LogP contribution in [-0.4, -0.2) is 0 Å². The molecule has 1 aromatic heterocycles. The van der Waals surface area contributed by atoms with Crippen LogP contribution in [0.4, 0.5) is 0 Å². The average Bonchev–Trinajstić information content (AvgIpc) is 2.85. The van der Waals surface area contributed by atoms with Crippen LogP contribution in [0.2, 0.25) is 0 Å². The van der Waals surface area contributed by atoms with Gasteiger partial charge >= 0.3 is 37.9 Å². The summed E-state index contributed by atoms with van der Waals surface area (Å²) >= 11 is -0.826. The quantitative estimate of drug-likeness (QED) is 0.575. The summed E-state index contributed by atoms with van der Waals surface area (Å²) in [4.78, 5) is 3.72. The Kier molecular flexibility index (Phi) is 53.3. The topological polar surface area (TPSA) is 14.1 Å². The van der Waals surface area contributed by atoms with E-state index in [2.05, 4.69) is 29.3 Å². The summed E-state index contributed by atoms with van der Waals surface area (Å²) in [6.07, 6.45) is 13.0.